The molecule has 0 saturated heterocycles. The van der Waals surface area contributed by atoms with Gasteiger partial charge < -0.3 is 8.83 Å². The smallest absolute Gasteiger partial charge is 0.322 e. The Morgan fingerprint density at radius 2 is 2.33 bits per heavy atom. The van der Waals surface area contributed by atoms with Crippen LogP contribution in [0.1, 0.15) is 10.8 Å². The molecule has 0 unspecified atom stereocenters. The minimum Gasteiger partial charge on any atom is -0.465 e. The van der Waals surface area contributed by atoms with Gasteiger partial charge in [-0.15, -0.1) is 16.4 Å². The molecule has 0 atom stereocenters. The van der Waals surface area contributed by atoms with Crippen LogP contribution in [0.25, 0.3) is 17.7 Å². The summed E-state index contributed by atoms with van der Waals surface area (Å²) < 4.78 is 10.4. The Hall–Kier alpha value is -2.74. The third kappa shape index (κ3) is 3.23. The topological polar surface area (TPSA) is 94.1 Å². The molecule has 0 saturated carbocycles. The highest BCUT2D eigenvalue weighted by Crippen LogP contribution is 2.21. The molecule has 7 nitrogen and oxygen atoms in total. The van der Waals surface area contributed by atoms with Crippen LogP contribution in [0.3, 0.4) is 0 Å². The number of amides is 1. The molecule has 8 heteroatoms. The van der Waals surface area contributed by atoms with E-state index in [2.05, 4.69) is 20.5 Å². The highest BCUT2D eigenvalue weighted by molar-refractivity contribution is 7.09. The van der Waals surface area contributed by atoms with Crippen molar-refractivity contribution in [2.75, 3.05) is 5.32 Å². The average Bonchev–Trinajstić information content (AvgIpc) is 3.17. The lowest BCUT2D eigenvalue weighted by Gasteiger charge is -1.93. The molecule has 0 aliphatic heterocycles. The third-order valence-electron chi connectivity index (χ3n) is 2.44. The van der Waals surface area contributed by atoms with E-state index in [-0.39, 0.29) is 11.9 Å². The van der Waals surface area contributed by atoms with Crippen LogP contribution in [0.5, 0.6) is 0 Å². The summed E-state index contributed by atoms with van der Waals surface area (Å²) >= 11 is 1.48. The summed E-state index contributed by atoms with van der Waals surface area (Å²) in [7, 11) is 0. The van der Waals surface area contributed by atoms with Crippen molar-refractivity contribution in [3.8, 4) is 11.6 Å². The maximum atomic E-state index is 11.7. The summed E-state index contributed by atoms with van der Waals surface area (Å²) in [6.45, 7) is 1.88. The largest absolute Gasteiger partial charge is 0.465 e. The quantitative estimate of drug-likeness (QED) is 0.745. The second kappa shape index (κ2) is 5.71. The van der Waals surface area contributed by atoms with Crippen molar-refractivity contribution in [1.29, 1.82) is 0 Å². The summed E-state index contributed by atoms with van der Waals surface area (Å²) in [5.74, 6) is 0.454. The molecule has 0 spiro atoms. The molecular weight excluding hydrogens is 292 g/mol. The minimum absolute atomic E-state index is 0.0183. The number of anilines is 1. The van der Waals surface area contributed by atoms with Crippen molar-refractivity contribution in [2.24, 2.45) is 0 Å². The highest BCUT2D eigenvalue weighted by atomic mass is 32.1. The Bertz CT molecular complexity index is 773. The average molecular weight is 302 g/mol. The highest BCUT2D eigenvalue weighted by Gasteiger charge is 2.12. The van der Waals surface area contributed by atoms with Gasteiger partial charge in [-0.1, -0.05) is 5.10 Å². The van der Waals surface area contributed by atoms with Gasteiger partial charge in [-0.05, 0) is 25.1 Å². The Labute approximate surface area is 123 Å². The fourth-order valence-corrected chi connectivity index (χ4v) is 2.12. The second-order valence-corrected chi connectivity index (χ2v) is 5.06. The molecule has 3 aromatic rings. The van der Waals surface area contributed by atoms with Gasteiger partial charge in [-0.25, -0.2) is 4.98 Å². The van der Waals surface area contributed by atoms with Gasteiger partial charge in [0.1, 0.15) is 11.5 Å². The Morgan fingerprint density at radius 3 is 3.05 bits per heavy atom. The Balaban J connectivity index is 1.65. The van der Waals surface area contributed by atoms with Gasteiger partial charge in [0, 0.05) is 11.5 Å². The molecule has 1 N–H and O–H groups in total. The molecule has 0 aliphatic carbocycles. The maximum Gasteiger partial charge on any atom is 0.322 e. The van der Waals surface area contributed by atoms with Gasteiger partial charge in [-0.2, -0.15) is 0 Å². The minimum atomic E-state index is -0.393. The first-order chi connectivity index (χ1) is 10.2. The second-order valence-electron chi connectivity index (χ2n) is 4.00. The number of nitrogens with zero attached hydrogens (tertiary/aromatic N) is 3. The maximum absolute atomic E-state index is 11.7. The van der Waals surface area contributed by atoms with Crippen LogP contribution in [0.15, 0.2) is 38.7 Å². The van der Waals surface area contributed by atoms with Crippen molar-refractivity contribution in [3.63, 3.8) is 0 Å². The first kappa shape index (κ1) is 13.3. The first-order valence-corrected chi connectivity index (χ1v) is 6.87. The number of thiazole rings is 1. The summed E-state index contributed by atoms with van der Waals surface area (Å²) in [6.07, 6.45) is 4.38. The lowest BCUT2D eigenvalue weighted by molar-refractivity contribution is -0.112. The number of hydrogen-bond acceptors (Lipinski definition) is 7. The molecule has 0 aromatic carbocycles. The zero-order valence-electron chi connectivity index (χ0n) is 10.9. The molecular formula is C13H10N4O3S. The van der Waals surface area contributed by atoms with Gasteiger partial charge in [0.15, 0.2) is 0 Å². The molecule has 0 bridgehead atoms. The zero-order valence-corrected chi connectivity index (χ0v) is 11.8. The number of aryl methyl sites for hydroxylation is 1. The number of nitrogens with one attached hydrogen (secondary N) is 1. The molecule has 1 amide bonds. The number of furan rings is 1. The van der Waals surface area contributed by atoms with E-state index in [0.717, 1.165) is 5.01 Å². The predicted octanol–water partition coefficient (Wildman–Crippen LogP) is 2.75. The fraction of sp³-hybridized carbons (Fsp3) is 0.0769. The van der Waals surface area contributed by atoms with Gasteiger partial charge in [0.05, 0.1) is 11.3 Å². The van der Waals surface area contributed by atoms with Crippen molar-refractivity contribution < 1.29 is 13.6 Å². The van der Waals surface area contributed by atoms with Gasteiger partial charge in [0.2, 0.25) is 0 Å². The molecule has 0 radical (unpaired) electrons. The fourth-order valence-electron chi connectivity index (χ4n) is 1.53. The normalized spacial score (nSPS) is 11.1. The monoisotopic (exact) mass is 302 g/mol. The summed E-state index contributed by atoms with van der Waals surface area (Å²) in [5.41, 5.74) is 0.594. The molecule has 3 aromatic heterocycles. The van der Waals surface area contributed by atoms with Crippen molar-refractivity contribution >= 4 is 29.3 Å². The summed E-state index contributed by atoms with van der Waals surface area (Å²) in [4.78, 5) is 15.9. The van der Waals surface area contributed by atoms with Gasteiger partial charge in [0.25, 0.3) is 11.8 Å². The van der Waals surface area contributed by atoms with E-state index in [4.69, 9.17) is 8.83 Å². The molecule has 21 heavy (non-hydrogen) atoms. The van der Waals surface area contributed by atoms with E-state index in [9.17, 15) is 4.79 Å². The van der Waals surface area contributed by atoms with Crippen molar-refractivity contribution in [1.82, 2.24) is 15.2 Å². The lowest BCUT2D eigenvalue weighted by atomic mass is 10.4. The van der Waals surface area contributed by atoms with Crippen LogP contribution in [-0.2, 0) is 4.79 Å². The Morgan fingerprint density at radius 1 is 1.43 bits per heavy atom. The van der Waals surface area contributed by atoms with E-state index >= 15 is 0 Å². The molecule has 3 heterocycles. The predicted molar refractivity (Wildman–Crippen MR) is 76.5 cm³/mol. The molecule has 0 aliphatic rings. The molecule has 3 rings (SSSR count). The van der Waals surface area contributed by atoms with E-state index in [0.29, 0.717) is 11.5 Å². The number of hydrogen-bond donors (Lipinski definition) is 1. The van der Waals surface area contributed by atoms with Gasteiger partial charge in [-0.3, -0.25) is 10.1 Å². The van der Waals surface area contributed by atoms with E-state index in [1.165, 1.54) is 29.8 Å². The first-order valence-electron chi connectivity index (χ1n) is 5.99. The Kier molecular flexibility index (Phi) is 3.61. The van der Waals surface area contributed by atoms with E-state index < -0.39 is 5.91 Å². The number of carbonyl (C=O) groups excluding carboxylic acids is 1. The van der Waals surface area contributed by atoms with Crippen LogP contribution in [0.2, 0.25) is 0 Å². The summed E-state index contributed by atoms with van der Waals surface area (Å²) in [6, 6.07) is 3.49. The van der Waals surface area contributed by atoms with Gasteiger partial charge >= 0.3 is 6.01 Å². The van der Waals surface area contributed by atoms with Crippen LogP contribution in [0.4, 0.5) is 6.01 Å². The molecule has 0 fully saturated rings. The van der Waals surface area contributed by atoms with Crippen LogP contribution in [-0.4, -0.2) is 21.1 Å². The van der Waals surface area contributed by atoms with Crippen molar-refractivity contribution in [3.05, 3.63) is 40.6 Å². The molecule has 106 valence electrons. The lowest BCUT2D eigenvalue weighted by Crippen LogP contribution is -2.07. The van der Waals surface area contributed by atoms with E-state index in [1.54, 1.807) is 12.1 Å². The SMILES string of the molecule is Cc1nc(-c2nnc(NC(=O)C=Cc3ccco3)o2)cs1. The third-order valence-corrected chi connectivity index (χ3v) is 3.21. The van der Waals surface area contributed by atoms with Crippen LogP contribution in [0, 0.1) is 6.92 Å². The number of carbonyl (C=O) groups is 1. The van der Waals surface area contributed by atoms with Crippen molar-refractivity contribution in [2.45, 2.75) is 6.92 Å². The summed E-state index contributed by atoms with van der Waals surface area (Å²) in [5, 5.41) is 12.8. The van der Waals surface area contributed by atoms with Crippen LogP contribution >= 0.6 is 11.3 Å². The number of aromatic nitrogens is 3. The number of rotatable bonds is 4. The van der Waals surface area contributed by atoms with E-state index in [1.807, 2.05) is 12.3 Å². The standard InChI is InChI=1S/C13H10N4O3S/c1-8-14-10(7-21-8)12-16-17-13(20-12)15-11(18)5-4-9-3-2-6-19-9/h2-7H,1H3,(H,15,17,18). The van der Waals surface area contributed by atoms with Crippen LogP contribution < -0.4 is 5.32 Å². The zero-order chi connectivity index (χ0) is 14.7.